The van der Waals surface area contributed by atoms with Crippen molar-refractivity contribution in [3.05, 3.63) is 35.4 Å². The van der Waals surface area contributed by atoms with Gasteiger partial charge >= 0.3 is 0 Å². The number of carbonyl (C=O) groups is 1. The molecule has 1 saturated carbocycles. The van der Waals surface area contributed by atoms with Gasteiger partial charge in [0.15, 0.2) is 5.96 Å². The summed E-state index contributed by atoms with van der Waals surface area (Å²) in [6.45, 7) is 3.69. The van der Waals surface area contributed by atoms with E-state index in [2.05, 4.69) is 51.7 Å². The maximum Gasteiger partial charge on any atom is 0.220 e. The molecule has 0 saturated heterocycles. The lowest BCUT2D eigenvalue weighted by atomic mass is 10.1. The molecule has 0 unspecified atom stereocenters. The molecule has 1 aromatic rings. The normalized spacial score (nSPS) is 13.9. The number of amides is 1. The van der Waals surface area contributed by atoms with Crippen LogP contribution < -0.4 is 10.6 Å². The summed E-state index contributed by atoms with van der Waals surface area (Å²) in [6.07, 6.45) is 3.67. The second-order valence-corrected chi connectivity index (χ2v) is 6.20. The fourth-order valence-corrected chi connectivity index (χ4v) is 2.48. The van der Waals surface area contributed by atoms with Crippen molar-refractivity contribution in [2.24, 2.45) is 4.99 Å². The van der Waals surface area contributed by atoms with Gasteiger partial charge in [-0.2, -0.15) is 0 Å². The van der Waals surface area contributed by atoms with Crippen LogP contribution in [0.2, 0.25) is 0 Å². The molecule has 0 atom stereocenters. The smallest absolute Gasteiger partial charge is 0.220 e. The maximum absolute atomic E-state index is 11.6. The van der Waals surface area contributed by atoms with E-state index in [1.54, 1.807) is 7.05 Å². The van der Waals surface area contributed by atoms with Crippen LogP contribution in [0.4, 0.5) is 0 Å². The Bertz CT molecular complexity index is 558. The van der Waals surface area contributed by atoms with Gasteiger partial charge in [-0.25, -0.2) is 0 Å². The van der Waals surface area contributed by atoms with Gasteiger partial charge in [0.25, 0.3) is 0 Å². The third-order valence-electron chi connectivity index (χ3n) is 4.05. The minimum atomic E-state index is 0. The number of halogens is 1. The summed E-state index contributed by atoms with van der Waals surface area (Å²) in [5, 5.41) is 6.34. The van der Waals surface area contributed by atoms with E-state index in [-0.39, 0.29) is 29.9 Å². The van der Waals surface area contributed by atoms with Crippen molar-refractivity contribution in [2.75, 3.05) is 20.6 Å². The highest BCUT2D eigenvalue weighted by Crippen LogP contribution is 2.18. The van der Waals surface area contributed by atoms with E-state index >= 15 is 0 Å². The summed E-state index contributed by atoms with van der Waals surface area (Å²) in [5.41, 5.74) is 2.58. The largest absolute Gasteiger partial charge is 0.356 e. The quantitative estimate of drug-likeness (QED) is 0.294. The van der Waals surface area contributed by atoms with E-state index in [0.29, 0.717) is 12.5 Å². The van der Waals surface area contributed by atoms with Gasteiger partial charge in [0.05, 0.1) is 0 Å². The molecule has 134 valence electrons. The van der Waals surface area contributed by atoms with Crippen LogP contribution in [0.15, 0.2) is 29.3 Å². The second-order valence-electron chi connectivity index (χ2n) is 6.20. The molecule has 6 heteroatoms. The summed E-state index contributed by atoms with van der Waals surface area (Å²) in [5.74, 6) is 1.02. The van der Waals surface area contributed by atoms with E-state index < -0.39 is 0 Å². The Morgan fingerprint density at radius 3 is 2.67 bits per heavy atom. The standard InChI is InChI=1S/C18H28N4O.HI/c1-14-7-4-5-8-15(14)13-22(3)18(19-2)20-12-6-9-17(23)21-16-10-11-16;/h4-5,7-8,16H,6,9-13H2,1-3H3,(H,19,20)(H,21,23);1H. The fourth-order valence-electron chi connectivity index (χ4n) is 2.48. The maximum atomic E-state index is 11.6. The first-order valence-corrected chi connectivity index (χ1v) is 8.36. The Labute approximate surface area is 162 Å². The Morgan fingerprint density at radius 1 is 1.33 bits per heavy atom. The fraction of sp³-hybridized carbons (Fsp3) is 0.556. The molecule has 1 aliphatic rings. The third kappa shape index (κ3) is 7.07. The van der Waals surface area contributed by atoms with Crippen molar-refractivity contribution < 1.29 is 4.79 Å². The Hall–Kier alpha value is -1.31. The van der Waals surface area contributed by atoms with Crippen LogP contribution in [-0.2, 0) is 11.3 Å². The van der Waals surface area contributed by atoms with E-state index in [4.69, 9.17) is 0 Å². The molecular formula is C18H29IN4O. The number of benzene rings is 1. The number of hydrogen-bond acceptors (Lipinski definition) is 2. The van der Waals surface area contributed by atoms with Crippen LogP contribution in [0.5, 0.6) is 0 Å². The first-order chi connectivity index (χ1) is 11.1. The first kappa shape index (κ1) is 20.7. The zero-order valence-corrected chi connectivity index (χ0v) is 17.2. The molecule has 1 aromatic carbocycles. The van der Waals surface area contributed by atoms with Crippen molar-refractivity contribution in [2.45, 2.75) is 45.2 Å². The SMILES string of the molecule is CN=C(NCCCC(=O)NC1CC1)N(C)Cc1ccccc1C.I. The van der Waals surface area contributed by atoms with E-state index in [9.17, 15) is 4.79 Å². The average Bonchev–Trinajstić information content (AvgIpc) is 3.33. The molecule has 1 fully saturated rings. The Kier molecular flexibility index (Phi) is 9.10. The van der Waals surface area contributed by atoms with Gasteiger partial charge in [-0.3, -0.25) is 9.79 Å². The molecule has 0 radical (unpaired) electrons. The molecule has 0 heterocycles. The molecule has 0 spiro atoms. The third-order valence-corrected chi connectivity index (χ3v) is 4.05. The van der Waals surface area contributed by atoms with Crippen LogP contribution in [0, 0.1) is 6.92 Å². The first-order valence-electron chi connectivity index (χ1n) is 8.36. The zero-order chi connectivity index (χ0) is 16.7. The van der Waals surface area contributed by atoms with Crippen LogP contribution in [0.25, 0.3) is 0 Å². The summed E-state index contributed by atoms with van der Waals surface area (Å²) in [4.78, 5) is 18.1. The van der Waals surface area contributed by atoms with Gasteiger partial charge in [0.1, 0.15) is 0 Å². The van der Waals surface area contributed by atoms with E-state index in [1.807, 2.05) is 7.05 Å². The summed E-state index contributed by atoms with van der Waals surface area (Å²) in [7, 11) is 3.82. The lowest BCUT2D eigenvalue weighted by molar-refractivity contribution is -0.121. The van der Waals surface area contributed by atoms with Crippen LogP contribution in [0.3, 0.4) is 0 Å². The van der Waals surface area contributed by atoms with Crippen molar-refractivity contribution in [3.8, 4) is 0 Å². The summed E-state index contributed by atoms with van der Waals surface area (Å²) >= 11 is 0. The van der Waals surface area contributed by atoms with Gasteiger partial charge in [-0.15, -0.1) is 24.0 Å². The summed E-state index contributed by atoms with van der Waals surface area (Å²) in [6, 6.07) is 8.83. The van der Waals surface area contributed by atoms with E-state index in [0.717, 1.165) is 38.3 Å². The number of hydrogen-bond donors (Lipinski definition) is 2. The highest BCUT2D eigenvalue weighted by atomic mass is 127. The van der Waals surface area contributed by atoms with Gasteiger partial charge in [0, 0.05) is 39.6 Å². The number of aliphatic imine (C=N–C) groups is 1. The number of guanidine groups is 1. The number of aryl methyl sites for hydroxylation is 1. The van der Waals surface area contributed by atoms with Crippen LogP contribution in [-0.4, -0.2) is 43.4 Å². The molecule has 2 N–H and O–H groups in total. The molecule has 0 bridgehead atoms. The Morgan fingerprint density at radius 2 is 2.04 bits per heavy atom. The Balaban J connectivity index is 0.00000288. The minimum Gasteiger partial charge on any atom is -0.356 e. The summed E-state index contributed by atoms with van der Waals surface area (Å²) < 4.78 is 0. The zero-order valence-electron chi connectivity index (χ0n) is 14.8. The predicted octanol–water partition coefficient (Wildman–Crippen LogP) is 2.68. The average molecular weight is 444 g/mol. The minimum absolute atomic E-state index is 0. The van der Waals surface area contributed by atoms with Crippen molar-refractivity contribution in [1.29, 1.82) is 0 Å². The molecule has 0 aliphatic heterocycles. The van der Waals surface area contributed by atoms with Gasteiger partial charge < -0.3 is 15.5 Å². The number of nitrogens with zero attached hydrogens (tertiary/aromatic N) is 2. The highest BCUT2D eigenvalue weighted by Gasteiger charge is 2.22. The van der Waals surface area contributed by atoms with Crippen LogP contribution in [0.1, 0.15) is 36.8 Å². The lowest BCUT2D eigenvalue weighted by Gasteiger charge is -2.23. The van der Waals surface area contributed by atoms with Crippen molar-refractivity contribution in [1.82, 2.24) is 15.5 Å². The molecular weight excluding hydrogens is 415 g/mol. The van der Waals surface area contributed by atoms with Crippen molar-refractivity contribution >= 4 is 35.8 Å². The highest BCUT2D eigenvalue weighted by molar-refractivity contribution is 14.0. The number of carbonyl (C=O) groups excluding carboxylic acids is 1. The molecule has 1 amide bonds. The van der Waals surface area contributed by atoms with Crippen LogP contribution >= 0.6 is 24.0 Å². The van der Waals surface area contributed by atoms with E-state index in [1.165, 1.54) is 11.1 Å². The second kappa shape index (κ2) is 10.5. The number of nitrogens with one attached hydrogen (secondary N) is 2. The number of rotatable bonds is 7. The lowest BCUT2D eigenvalue weighted by Crippen LogP contribution is -2.39. The van der Waals surface area contributed by atoms with Crippen molar-refractivity contribution in [3.63, 3.8) is 0 Å². The molecule has 2 rings (SSSR count). The topological polar surface area (TPSA) is 56.7 Å². The molecule has 1 aliphatic carbocycles. The molecule has 5 nitrogen and oxygen atoms in total. The molecule has 24 heavy (non-hydrogen) atoms. The van der Waals surface area contributed by atoms with Gasteiger partial charge in [-0.1, -0.05) is 24.3 Å². The van der Waals surface area contributed by atoms with Gasteiger partial charge in [0.2, 0.25) is 5.91 Å². The molecule has 0 aromatic heterocycles. The monoisotopic (exact) mass is 444 g/mol. The predicted molar refractivity (Wildman–Crippen MR) is 110 cm³/mol. The van der Waals surface area contributed by atoms with Gasteiger partial charge in [-0.05, 0) is 37.3 Å².